The van der Waals surface area contributed by atoms with Crippen molar-refractivity contribution in [2.24, 2.45) is 0 Å². The summed E-state index contributed by atoms with van der Waals surface area (Å²) < 4.78 is 0.956. The van der Waals surface area contributed by atoms with E-state index in [1.165, 1.54) is 24.5 Å². The van der Waals surface area contributed by atoms with Crippen molar-refractivity contribution in [2.45, 2.75) is 0 Å². The molecule has 0 spiro atoms. The molecule has 0 radical (unpaired) electrons. The number of carbonyl (C=O) groups excluding carboxylic acids is 1. The van der Waals surface area contributed by atoms with Gasteiger partial charge in [-0.25, -0.2) is 15.0 Å². The molecular formula is C11H5Br2N5O. The largest absolute Gasteiger partial charge is 0.303 e. The van der Waals surface area contributed by atoms with E-state index in [1.807, 2.05) is 6.07 Å². The van der Waals surface area contributed by atoms with Gasteiger partial charge in [0.2, 0.25) is 0 Å². The first-order chi connectivity index (χ1) is 9.10. The summed E-state index contributed by atoms with van der Waals surface area (Å²) in [7, 11) is 0. The first-order valence-corrected chi connectivity index (χ1v) is 6.54. The van der Waals surface area contributed by atoms with E-state index in [9.17, 15) is 4.79 Å². The highest BCUT2D eigenvalue weighted by Gasteiger charge is 2.11. The molecule has 0 aliphatic heterocycles. The lowest BCUT2D eigenvalue weighted by Crippen LogP contribution is -2.15. The quantitative estimate of drug-likeness (QED) is 0.861. The average Bonchev–Trinajstić information content (AvgIpc) is 2.42. The maximum absolute atomic E-state index is 11.9. The molecule has 2 aromatic heterocycles. The van der Waals surface area contributed by atoms with Crippen molar-refractivity contribution in [3.8, 4) is 6.07 Å². The fourth-order valence-electron chi connectivity index (χ4n) is 1.20. The van der Waals surface area contributed by atoms with E-state index >= 15 is 0 Å². The zero-order chi connectivity index (χ0) is 13.8. The van der Waals surface area contributed by atoms with Crippen molar-refractivity contribution in [3.05, 3.63) is 45.0 Å². The Morgan fingerprint density at radius 3 is 2.63 bits per heavy atom. The van der Waals surface area contributed by atoms with E-state index in [0.29, 0.717) is 20.6 Å². The minimum atomic E-state index is -0.429. The van der Waals surface area contributed by atoms with Crippen molar-refractivity contribution >= 4 is 43.6 Å². The molecule has 2 rings (SSSR count). The van der Waals surface area contributed by atoms with Crippen LogP contribution in [-0.2, 0) is 0 Å². The summed E-state index contributed by atoms with van der Waals surface area (Å²) in [5.74, 6) is -0.138. The SMILES string of the molecule is N#Cc1ccc(C(=O)Nc2ncc(Br)nc2Br)nc1. The highest BCUT2D eigenvalue weighted by Crippen LogP contribution is 2.19. The number of anilines is 1. The lowest BCUT2D eigenvalue weighted by molar-refractivity contribution is 0.102. The van der Waals surface area contributed by atoms with Gasteiger partial charge in [-0.3, -0.25) is 4.79 Å². The van der Waals surface area contributed by atoms with E-state index in [1.54, 1.807) is 0 Å². The summed E-state index contributed by atoms with van der Waals surface area (Å²) in [4.78, 5) is 23.8. The van der Waals surface area contributed by atoms with Crippen molar-refractivity contribution in [3.63, 3.8) is 0 Å². The Balaban J connectivity index is 2.18. The number of nitrogens with zero attached hydrogens (tertiary/aromatic N) is 4. The van der Waals surface area contributed by atoms with Crippen LogP contribution >= 0.6 is 31.9 Å². The first-order valence-electron chi connectivity index (χ1n) is 4.95. The summed E-state index contributed by atoms with van der Waals surface area (Å²) in [6.07, 6.45) is 2.80. The van der Waals surface area contributed by atoms with Gasteiger partial charge in [0.05, 0.1) is 11.8 Å². The van der Waals surface area contributed by atoms with Crippen LogP contribution in [0.1, 0.15) is 16.1 Å². The van der Waals surface area contributed by atoms with Gasteiger partial charge < -0.3 is 5.32 Å². The molecule has 0 saturated heterocycles. The monoisotopic (exact) mass is 381 g/mol. The third kappa shape index (κ3) is 3.33. The number of amides is 1. The van der Waals surface area contributed by atoms with Gasteiger partial charge in [-0.15, -0.1) is 0 Å². The number of nitriles is 1. The molecular weight excluding hydrogens is 378 g/mol. The number of hydrogen-bond donors (Lipinski definition) is 1. The predicted octanol–water partition coefficient (Wildman–Crippen LogP) is 2.52. The number of aromatic nitrogens is 3. The molecule has 0 aliphatic rings. The van der Waals surface area contributed by atoms with Crippen LogP contribution in [0.15, 0.2) is 33.7 Å². The summed E-state index contributed by atoms with van der Waals surface area (Å²) in [6, 6.07) is 4.91. The Hall–Kier alpha value is -1.85. The van der Waals surface area contributed by atoms with Crippen molar-refractivity contribution in [2.75, 3.05) is 5.32 Å². The molecule has 0 bridgehead atoms. The number of halogens is 2. The van der Waals surface area contributed by atoms with Gasteiger partial charge in [-0.1, -0.05) is 0 Å². The van der Waals surface area contributed by atoms with Crippen LogP contribution in [0.4, 0.5) is 5.82 Å². The molecule has 2 aromatic rings. The third-order valence-corrected chi connectivity index (χ3v) is 2.99. The molecule has 2 heterocycles. The maximum Gasteiger partial charge on any atom is 0.275 e. The van der Waals surface area contributed by atoms with Crippen LogP contribution in [0, 0.1) is 11.3 Å². The van der Waals surface area contributed by atoms with Crippen LogP contribution in [0.5, 0.6) is 0 Å². The normalized spacial score (nSPS) is 9.74. The van der Waals surface area contributed by atoms with Crippen molar-refractivity contribution in [1.82, 2.24) is 15.0 Å². The Morgan fingerprint density at radius 1 is 1.26 bits per heavy atom. The molecule has 1 amide bonds. The van der Waals surface area contributed by atoms with Crippen molar-refractivity contribution < 1.29 is 4.79 Å². The summed E-state index contributed by atoms with van der Waals surface area (Å²) in [5, 5.41) is 11.2. The highest BCUT2D eigenvalue weighted by molar-refractivity contribution is 9.11. The Morgan fingerprint density at radius 2 is 2.05 bits per heavy atom. The van der Waals surface area contributed by atoms with Crippen LogP contribution in [0.2, 0.25) is 0 Å². The number of nitrogens with one attached hydrogen (secondary N) is 1. The van der Waals surface area contributed by atoms with Crippen molar-refractivity contribution in [1.29, 1.82) is 5.26 Å². The molecule has 19 heavy (non-hydrogen) atoms. The van der Waals surface area contributed by atoms with Crippen LogP contribution in [0.25, 0.3) is 0 Å². The third-order valence-electron chi connectivity index (χ3n) is 2.06. The molecule has 0 fully saturated rings. The average molecular weight is 383 g/mol. The minimum Gasteiger partial charge on any atom is -0.303 e. The molecule has 0 atom stereocenters. The lowest BCUT2D eigenvalue weighted by atomic mass is 10.2. The predicted molar refractivity (Wildman–Crippen MR) is 74.3 cm³/mol. The Kier molecular flexibility index (Phi) is 4.19. The molecule has 94 valence electrons. The first kappa shape index (κ1) is 13.6. The van der Waals surface area contributed by atoms with Crippen LogP contribution in [0.3, 0.4) is 0 Å². The Bertz CT molecular complexity index is 666. The summed E-state index contributed by atoms with van der Waals surface area (Å²) >= 11 is 6.35. The number of pyridine rings is 1. The van der Waals surface area contributed by atoms with Gasteiger partial charge in [-0.05, 0) is 44.0 Å². The van der Waals surface area contributed by atoms with E-state index in [4.69, 9.17) is 5.26 Å². The zero-order valence-corrected chi connectivity index (χ0v) is 12.4. The van der Waals surface area contributed by atoms with E-state index < -0.39 is 5.91 Å². The standard InChI is InChI=1S/C11H5Br2N5O/c12-8-5-16-10(9(13)17-8)18-11(19)7-2-1-6(3-14)4-15-7/h1-2,4-5H,(H,16,18,19). The lowest BCUT2D eigenvalue weighted by Gasteiger charge is -2.05. The second-order valence-corrected chi connectivity index (χ2v) is 4.89. The van der Waals surface area contributed by atoms with Gasteiger partial charge >= 0.3 is 0 Å². The summed E-state index contributed by atoms with van der Waals surface area (Å²) in [6.45, 7) is 0. The molecule has 0 aromatic carbocycles. The molecule has 0 unspecified atom stereocenters. The molecule has 1 N–H and O–H groups in total. The summed E-state index contributed by atoms with van der Waals surface area (Å²) in [5.41, 5.74) is 0.580. The van der Waals surface area contributed by atoms with Crippen LogP contribution < -0.4 is 5.32 Å². The highest BCUT2D eigenvalue weighted by atomic mass is 79.9. The van der Waals surface area contributed by atoms with E-state index in [2.05, 4.69) is 52.1 Å². The fraction of sp³-hybridized carbons (Fsp3) is 0. The number of rotatable bonds is 2. The topological polar surface area (TPSA) is 91.6 Å². The molecule has 8 heteroatoms. The molecule has 0 aliphatic carbocycles. The van der Waals surface area contributed by atoms with E-state index in [-0.39, 0.29) is 5.69 Å². The minimum absolute atomic E-state index is 0.190. The van der Waals surface area contributed by atoms with Gasteiger partial charge in [0.15, 0.2) is 5.82 Å². The fourth-order valence-corrected chi connectivity index (χ4v) is 2.11. The molecule has 6 nitrogen and oxygen atoms in total. The number of carbonyl (C=O) groups is 1. The number of hydrogen-bond acceptors (Lipinski definition) is 5. The maximum atomic E-state index is 11.9. The second kappa shape index (κ2) is 5.86. The Labute approximate surface area is 125 Å². The zero-order valence-electron chi connectivity index (χ0n) is 9.26. The smallest absolute Gasteiger partial charge is 0.275 e. The van der Waals surface area contributed by atoms with E-state index in [0.717, 1.165) is 0 Å². The van der Waals surface area contributed by atoms with Gasteiger partial charge in [0.25, 0.3) is 5.91 Å². The van der Waals surface area contributed by atoms with Gasteiger partial charge in [0, 0.05) is 6.20 Å². The second-order valence-electron chi connectivity index (χ2n) is 3.33. The molecule has 0 saturated carbocycles. The van der Waals surface area contributed by atoms with Crippen LogP contribution in [-0.4, -0.2) is 20.9 Å². The van der Waals surface area contributed by atoms with Gasteiger partial charge in [0.1, 0.15) is 21.0 Å². The van der Waals surface area contributed by atoms with Gasteiger partial charge in [-0.2, -0.15) is 5.26 Å².